The molecule has 1 heterocycles. The molecule has 0 aliphatic rings. The van der Waals surface area contributed by atoms with Crippen LogP contribution in [0.1, 0.15) is 45.0 Å². The molecule has 0 spiro atoms. The number of ether oxygens (including phenoxy) is 1. The number of nitrogens with one attached hydrogen (secondary N) is 1. The van der Waals surface area contributed by atoms with Crippen molar-refractivity contribution >= 4 is 28.2 Å². The van der Waals surface area contributed by atoms with E-state index in [2.05, 4.69) is 11.4 Å². The number of thiophene rings is 1. The van der Waals surface area contributed by atoms with E-state index in [4.69, 9.17) is 4.74 Å². The second-order valence-corrected chi connectivity index (χ2v) is 6.52. The quantitative estimate of drug-likeness (QED) is 0.840. The van der Waals surface area contributed by atoms with Gasteiger partial charge in [-0.05, 0) is 38.5 Å². The molecule has 1 aromatic heterocycles. The summed E-state index contributed by atoms with van der Waals surface area (Å²) in [5, 5.41) is 12.6. The molecule has 0 aliphatic carbocycles. The molecule has 2 aromatic rings. The first-order chi connectivity index (χ1) is 12.5. The zero-order valence-corrected chi connectivity index (χ0v) is 16.1. The first-order valence-corrected chi connectivity index (χ1v) is 9.07. The summed E-state index contributed by atoms with van der Waals surface area (Å²) in [4.78, 5) is 27.4. The summed E-state index contributed by atoms with van der Waals surface area (Å²) in [6, 6.07) is 8.93. The van der Waals surface area contributed by atoms with Crippen LogP contribution in [0.25, 0.3) is 0 Å². The van der Waals surface area contributed by atoms with Crippen molar-refractivity contribution in [2.24, 2.45) is 0 Å². The van der Waals surface area contributed by atoms with Gasteiger partial charge < -0.3 is 15.0 Å². The van der Waals surface area contributed by atoms with Gasteiger partial charge in [0.2, 0.25) is 0 Å². The van der Waals surface area contributed by atoms with Gasteiger partial charge in [-0.2, -0.15) is 5.26 Å². The summed E-state index contributed by atoms with van der Waals surface area (Å²) in [7, 11) is 1.49. The Hall–Kier alpha value is -2.85. The van der Waals surface area contributed by atoms with Crippen LogP contribution in [0, 0.1) is 18.3 Å². The van der Waals surface area contributed by atoms with Crippen LogP contribution in [0.15, 0.2) is 24.3 Å². The van der Waals surface area contributed by atoms with E-state index in [-0.39, 0.29) is 11.8 Å². The van der Waals surface area contributed by atoms with Gasteiger partial charge in [-0.15, -0.1) is 11.3 Å². The highest BCUT2D eigenvalue weighted by Crippen LogP contribution is 2.34. The Balaban J connectivity index is 2.39. The Kier molecular flexibility index (Phi) is 6.36. The van der Waals surface area contributed by atoms with Crippen LogP contribution in [0.2, 0.25) is 0 Å². The summed E-state index contributed by atoms with van der Waals surface area (Å²) < 4.78 is 5.21. The fraction of sp³-hybridized carbons (Fsp3) is 0.316. The van der Waals surface area contributed by atoms with Crippen LogP contribution in [0.3, 0.4) is 0 Å². The highest BCUT2D eigenvalue weighted by Gasteiger charge is 2.24. The van der Waals surface area contributed by atoms with Crippen molar-refractivity contribution in [3.8, 4) is 11.8 Å². The van der Waals surface area contributed by atoms with Crippen molar-refractivity contribution < 1.29 is 14.3 Å². The van der Waals surface area contributed by atoms with Crippen LogP contribution in [0.4, 0.5) is 5.00 Å². The Bertz CT molecular complexity index is 863. The number of amides is 2. The Morgan fingerprint density at radius 2 is 1.92 bits per heavy atom. The minimum atomic E-state index is -0.387. The maximum Gasteiger partial charge on any atom is 0.264 e. The lowest BCUT2D eigenvalue weighted by atomic mass is 10.1. The van der Waals surface area contributed by atoms with Gasteiger partial charge in [0.25, 0.3) is 11.8 Å². The van der Waals surface area contributed by atoms with Gasteiger partial charge >= 0.3 is 0 Å². The summed E-state index contributed by atoms with van der Waals surface area (Å²) >= 11 is 1.13. The van der Waals surface area contributed by atoms with Crippen LogP contribution in [-0.2, 0) is 0 Å². The van der Waals surface area contributed by atoms with E-state index in [0.717, 1.165) is 11.3 Å². The molecule has 2 amide bonds. The maximum absolute atomic E-state index is 12.7. The van der Waals surface area contributed by atoms with Crippen molar-refractivity contribution in [1.82, 2.24) is 4.90 Å². The lowest BCUT2D eigenvalue weighted by Crippen LogP contribution is -2.30. The molecule has 0 fully saturated rings. The molecular formula is C19H21N3O3S. The molecule has 6 nitrogen and oxygen atoms in total. The molecule has 0 aliphatic heterocycles. The molecule has 2 rings (SSSR count). The van der Waals surface area contributed by atoms with E-state index < -0.39 is 0 Å². The number of anilines is 1. The molecule has 0 atom stereocenters. The first-order valence-electron chi connectivity index (χ1n) is 8.25. The third-order valence-electron chi connectivity index (χ3n) is 4.08. The van der Waals surface area contributed by atoms with Crippen molar-refractivity contribution in [2.75, 3.05) is 25.5 Å². The van der Waals surface area contributed by atoms with Crippen molar-refractivity contribution in [1.29, 1.82) is 5.26 Å². The summed E-state index contributed by atoms with van der Waals surface area (Å²) in [5.74, 6) is -0.0787. The van der Waals surface area contributed by atoms with Gasteiger partial charge in [0.05, 0.1) is 23.1 Å². The fourth-order valence-electron chi connectivity index (χ4n) is 2.60. The van der Waals surface area contributed by atoms with E-state index >= 15 is 0 Å². The number of hydrogen-bond acceptors (Lipinski definition) is 5. The lowest BCUT2D eigenvalue weighted by Gasteiger charge is -2.17. The topological polar surface area (TPSA) is 82.4 Å². The van der Waals surface area contributed by atoms with Crippen LogP contribution < -0.4 is 10.1 Å². The van der Waals surface area contributed by atoms with E-state index in [1.807, 2.05) is 13.8 Å². The number of nitrogens with zero attached hydrogens (tertiary/aromatic N) is 2. The lowest BCUT2D eigenvalue weighted by molar-refractivity contribution is 0.0777. The number of rotatable bonds is 6. The third-order valence-corrected chi connectivity index (χ3v) is 5.28. The van der Waals surface area contributed by atoms with Crippen LogP contribution >= 0.6 is 11.3 Å². The summed E-state index contributed by atoms with van der Waals surface area (Å²) in [6.07, 6.45) is 0. The molecule has 0 unspecified atom stereocenters. The predicted molar refractivity (Wildman–Crippen MR) is 102 cm³/mol. The standard InChI is InChI=1S/C19H21N3O3S/c1-5-22(6-2)19(24)16-12(3)14(11-20)18(26-16)21-17(23)13-9-7-8-10-15(13)25-4/h7-10H,5-6H2,1-4H3,(H,21,23). The summed E-state index contributed by atoms with van der Waals surface area (Å²) in [6.45, 7) is 6.69. The fourth-order valence-corrected chi connectivity index (χ4v) is 3.72. The Morgan fingerprint density at radius 3 is 2.50 bits per heavy atom. The van der Waals surface area contributed by atoms with Gasteiger partial charge in [-0.1, -0.05) is 12.1 Å². The Labute approximate surface area is 157 Å². The van der Waals surface area contributed by atoms with Crippen molar-refractivity contribution in [3.05, 3.63) is 45.8 Å². The number of carbonyl (C=O) groups excluding carboxylic acids is 2. The number of nitriles is 1. The van der Waals surface area contributed by atoms with E-state index in [1.54, 1.807) is 36.1 Å². The zero-order valence-electron chi connectivity index (χ0n) is 15.3. The average Bonchev–Trinajstić information content (AvgIpc) is 2.97. The van der Waals surface area contributed by atoms with Gasteiger partial charge in [-0.3, -0.25) is 9.59 Å². The van der Waals surface area contributed by atoms with Crippen molar-refractivity contribution in [3.63, 3.8) is 0 Å². The maximum atomic E-state index is 12.7. The number of para-hydroxylation sites is 1. The molecule has 0 saturated carbocycles. The van der Waals surface area contributed by atoms with Gasteiger partial charge in [0.15, 0.2) is 0 Å². The molecule has 1 N–H and O–H groups in total. The number of methoxy groups -OCH3 is 1. The SMILES string of the molecule is CCN(CC)C(=O)c1sc(NC(=O)c2ccccc2OC)c(C#N)c1C. The van der Waals surface area contributed by atoms with Gasteiger partial charge in [0, 0.05) is 13.1 Å². The molecule has 1 aromatic carbocycles. The number of benzene rings is 1. The highest BCUT2D eigenvalue weighted by molar-refractivity contribution is 7.18. The molecule has 136 valence electrons. The summed E-state index contributed by atoms with van der Waals surface area (Å²) in [5.41, 5.74) is 1.26. The second kappa shape index (κ2) is 8.50. The minimum absolute atomic E-state index is 0.133. The van der Waals surface area contributed by atoms with E-state index in [1.165, 1.54) is 7.11 Å². The number of carbonyl (C=O) groups is 2. The molecule has 26 heavy (non-hydrogen) atoms. The Morgan fingerprint density at radius 1 is 1.27 bits per heavy atom. The van der Waals surface area contributed by atoms with Gasteiger partial charge in [0.1, 0.15) is 16.8 Å². The van der Waals surface area contributed by atoms with Gasteiger partial charge in [-0.25, -0.2) is 0 Å². The van der Waals surface area contributed by atoms with Crippen LogP contribution in [0.5, 0.6) is 5.75 Å². The normalized spacial score (nSPS) is 10.1. The first kappa shape index (κ1) is 19.5. The largest absolute Gasteiger partial charge is 0.496 e. The number of hydrogen-bond donors (Lipinski definition) is 1. The minimum Gasteiger partial charge on any atom is -0.496 e. The van der Waals surface area contributed by atoms with E-state index in [0.29, 0.717) is 45.4 Å². The molecule has 7 heteroatoms. The van der Waals surface area contributed by atoms with E-state index in [9.17, 15) is 14.9 Å². The molecule has 0 radical (unpaired) electrons. The van der Waals surface area contributed by atoms with Crippen LogP contribution in [-0.4, -0.2) is 36.9 Å². The average molecular weight is 371 g/mol. The molecule has 0 saturated heterocycles. The zero-order chi connectivity index (χ0) is 19.3. The highest BCUT2D eigenvalue weighted by atomic mass is 32.1. The monoisotopic (exact) mass is 371 g/mol. The molecule has 0 bridgehead atoms. The third kappa shape index (κ3) is 3.70. The molecular weight excluding hydrogens is 350 g/mol. The smallest absolute Gasteiger partial charge is 0.264 e. The second-order valence-electron chi connectivity index (χ2n) is 5.50. The predicted octanol–water partition coefficient (Wildman–Crippen LogP) is 3.67. The van der Waals surface area contributed by atoms with Crippen molar-refractivity contribution in [2.45, 2.75) is 20.8 Å².